The minimum absolute atomic E-state index is 0.308. The first-order valence-electron chi connectivity index (χ1n) is 9.92. The molecule has 1 saturated heterocycles. The van der Waals surface area contributed by atoms with Gasteiger partial charge in [-0.25, -0.2) is 0 Å². The Bertz CT molecular complexity index is 889. The minimum Gasteiger partial charge on any atom is -0.343 e. The summed E-state index contributed by atoms with van der Waals surface area (Å²) in [5, 5.41) is 10.5. The number of thiophene rings is 1. The van der Waals surface area contributed by atoms with Gasteiger partial charge in [0.05, 0.1) is 11.4 Å². The number of benzene rings is 1. The van der Waals surface area contributed by atoms with Crippen molar-refractivity contribution in [3.05, 3.63) is 65.2 Å². The largest absolute Gasteiger partial charge is 0.343 e. The molecule has 3 aromatic rings. The molecule has 2 aromatic heterocycles. The highest BCUT2D eigenvalue weighted by Crippen LogP contribution is 2.27. The van der Waals surface area contributed by atoms with Crippen molar-refractivity contribution >= 4 is 17.2 Å². The van der Waals surface area contributed by atoms with Crippen molar-refractivity contribution in [1.29, 1.82) is 0 Å². The molecule has 0 aliphatic carbocycles. The SMILES string of the molecule is O=C1CCCN1CCCNCc1cn(Cc2ccccc2)nc1-c1cccs1. The minimum atomic E-state index is 0.308. The standard InChI is InChI=1S/C22H26N4OS/c27-21-10-4-12-25(21)13-6-11-23-15-19-17-26(16-18-7-2-1-3-8-18)24-22(19)20-9-5-14-28-20/h1-3,5,7-9,14,17,23H,4,6,10-13,15-16H2. The lowest BCUT2D eigenvalue weighted by molar-refractivity contribution is -0.127. The zero-order valence-electron chi connectivity index (χ0n) is 16.0. The Morgan fingerprint density at radius 1 is 1.14 bits per heavy atom. The van der Waals surface area contributed by atoms with E-state index in [0.717, 1.165) is 57.7 Å². The highest BCUT2D eigenvalue weighted by atomic mass is 32.1. The van der Waals surface area contributed by atoms with Gasteiger partial charge in [0.2, 0.25) is 5.91 Å². The van der Waals surface area contributed by atoms with Crippen molar-refractivity contribution in [2.45, 2.75) is 32.4 Å². The molecule has 0 spiro atoms. The van der Waals surface area contributed by atoms with Crippen molar-refractivity contribution in [1.82, 2.24) is 20.0 Å². The van der Waals surface area contributed by atoms with Crippen molar-refractivity contribution in [3.63, 3.8) is 0 Å². The number of nitrogens with one attached hydrogen (secondary N) is 1. The van der Waals surface area contributed by atoms with Crippen LogP contribution in [0.4, 0.5) is 0 Å². The van der Waals surface area contributed by atoms with E-state index < -0.39 is 0 Å². The molecule has 1 fully saturated rings. The second-order valence-electron chi connectivity index (χ2n) is 7.18. The van der Waals surface area contributed by atoms with Crippen LogP contribution in [0.25, 0.3) is 10.6 Å². The highest BCUT2D eigenvalue weighted by molar-refractivity contribution is 7.13. The molecule has 1 N–H and O–H groups in total. The van der Waals surface area contributed by atoms with Gasteiger partial charge in [0.1, 0.15) is 5.69 Å². The fraction of sp³-hybridized carbons (Fsp3) is 0.364. The summed E-state index contributed by atoms with van der Waals surface area (Å²) in [7, 11) is 0. The van der Waals surface area contributed by atoms with Gasteiger partial charge in [-0.15, -0.1) is 11.3 Å². The number of amides is 1. The predicted octanol–water partition coefficient (Wildman–Crippen LogP) is 3.76. The van der Waals surface area contributed by atoms with Crippen LogP contribution >= 0.6 is 11.3 Å². The van der Waals surface area contributed by atoms with Crippen LogP contribution in [0.3, 0.4) is 0 Å². The van der Waals surface area contributed by atoms with Crippen molar-refractivity contribution in [3.8, 4) is 10.6 Å². The van der Waals surface area contributed by atoms with Crippen LogP contribution in [0.2, 0.25) is 0 Å². The van der Waals surface area contributed by atoms with Crippen LogP contribution in [0.1, 0.15) is 30.4 Å². The molecule has 0 radical (unpaired) electrons. The molecule has 4 rings (SSSR count). The van der Waals surface area contributed by atoms with Crippen LogP contribution < -0.4 is 5.32 Å². The normalized spacial score (nSPS) is 14.1. The third kappa shape index (κ3) is 4.69. The molecule has 146 valence electrons. The molecule has 6 heteroatoms. The third-order valence-electron chi connectivity index (χ3n) is 5.05. The van der Waals surface area contributed by atoms with E-state index in [1.54, 1.807) is 11.3 Å². The summed E-state index contributed by atoms with van der Waals surface area (Å²) in [4.78, 5) is 14.9. The second kappa shape index (κ2) is 9.17. The topological polar surface area (TPSA) is 50.2 Å². The Labute approximate surface area is 170 Å². The quantitative estimate of drug-likeness (QED) is 0.562. The first kappa shape index (κ1) is 18.9. The van der Waals surface area contributed by atoms with Gasteiger partial charge in [0.15, 0.2) is 0 Å². The van der Waals surface area contributed by atoms with E-state index in [0.29, 0.717) is 5.91 Å². The van der Waals surface area contributed by atoms with E-state index >= 15 is 0 Å². The molecular formula is C22H26N4OS. The summed E-state index contributed by atoms with van der Waals surface area (Å²) in [5.74, 6) is 0.308. The Kier molecular flexibility index (Phi) is 6.19. The van der Waals surface area contributed by atoms with Crippen molar-refractivity contribution in [2.24, 2.45) is 0 Å². The molecule has 0 bridgehead atoms. The Hall–Kier alpha value is -2.44. The Morgan fingerprint density at radius 3 is 2.79 bits per heavy atom. The number of likely N-dealkylation sites (tertiary alicyclic amines) is 1. The number of nitrogens with zero attached hydrogens (tertiary/aromatic N) is 3. The molecule has 1 aliphatic rings. The smallest absolute Gasteiger partial charge is 0.222 e. The van der Waals surface area contributed by atoms with Crippen LogP contribution in [0.15, 0.2) is 54.0 Å². The molecule has 3 heterocycles. The Balaban J connectivity index is 1.37. The molecule has 1 aliphatic heterocycles. The molecule has 1 amide bonds. The van der Waals surface area contributed by atoms with E-state index in [1.165, 1.54) is 16.0 Å². The van der Waals surface area contributed by atoms with Gasteiger partial charge in [-0.1, -0.05) is 36.4 Å². The monoisotopic (exact) mass is 394 g/mol. The van der Waals surface area contributed by atoms with Crippen LogP contribution in [0.5, 0.6) is 0 Å². The number of rotatable bonds is 9. The third-order valence-corrected chi connectivity index (χ3v) is 5.92. The maximum absolute atomic E-state index is 11.7. The second-order valence-corrected chi connectivity index (χ2v) is 8.13. The summed E-state index contributed by atoms with van der Waals surface area (Å²) < 4.78 is 2.03. The van der Waals surface area contributed by atoms with Gasteiger partial charge >= 0.3 is 0 Å². The Morgan fingerprint density at radius 2 is 2.04 bits per heavy atom. The van der Waals surface area contributed by atoms with E-state index in [-0.39, 0.29) is 0 Å². The van der Waals surface area contributed by atoms with Crippen LogP contribution in [-0.4, -0.2) is 40.2 Å². The van der Waals surface area contributed by atoms with E-state index in [1.807, 2.05) is 15.6 Å². The summed E-state index contributed by atoms with van der Waals surface area (Å²) >= 11 is 1.72. The zero-order chi connectivity index (χ0) is 19.2. The fourth-order valence-electron chi connectivity index (χ4n) is 3.62. The van der Waals surface area contributed by atoms with Crippen LogP contribution in [-0.2, 0) is 17.9 Å². The summed E-state index contributed by atoms with van der Waals surface area (Å²) in [6.45, 7) is 4.24. The van der Waals surface area contributed by atoms with Crippen molar-refractivity contribution < 1.29 is 4.79 Å². The first-order chi connectivity index (χ1) is 13.8. The fourth-order valence-corrected chi connectivity index (χ4v) is 4.37. The first-order valence-corrected chi connectivity index (χ1v) is 10.8. The van der Waals surface area contributed by atoms with E-state index in [9.17, 15) is 4.79 Å². The van der Waals surface area contributed by atoms with Gasteiger partial charge < -0.3 is 10.2 Å². The average Bonchev–Trinajstić information content (AvgIpc) is 3.44. The molecule has 0 saturated carbocycles. The van der Waals surface area contributed by atoms with Gasteiger partial charge in [0.25, 0.3) is 0 Å². The van der Waals surface area contributed by atoms with Gasteiger partial charge in [-0.2, -0.15) is 5.10 Å². The summed E-state index contributed by atoms with van der Waals surface area (Å²) in [6, 6.07) is 14.6. The maximum atomic E-state index is 11.7. The number of aromatic nitrogens is 2. The van der Waals surface area contributed by atoms with Gasteiger partial charge in [-0.05, 0) is 36.4 Å². The summed E-state index contributed by atoms with van der Waals surface area (Å²) in [6.07, 6.45) is 4.87. The van der Waals surface area contributed by atoms with Gasteiger partial charge in [0, 0.05) is 37.8 Å². The molecule has 1 aromatic carbocycles. The molecule has 5 nitrogen and oxygen atoms in total. The van der Waals surface area contributed by atoms with E-state index in [4.69, 9.17) is 5.10 Å². The summed E-state index contributed by atoms with van der Waals surface area (Å²) in [5.41, 5.74) is 3.53. The van der Waals surface area contributed by atoms with Crippen molar-refractivity contribution in [2.75, 3.05) is 19.6 Å². The lowest BCUT2D eigenvalue weighted by Gasteiger charge is -2.15. The van der Waals surface area contributed by atoms with Crippen LogP contribution in [0, 0.1) is 0 Å². The van der Waals surface area contributed by atoms with Gasteiger partial charge in [-0.3, -0.25) is 9.48 Å². The lowest BCUT2D eigenvalue weighted by atomic mass is 10.2. The van der Waals surface area contributed by atoms with E-state index in [2.05, 4.69) is 53.3 Å². The lowest BCUT2D eigenvalue weighted by Crippen LogP contribution is -2.28. The maximum Gasteiger partial charge on any atom is 0.222 e. The number of carbonyl (C=O) groups is 1. The highest BCUT2D eigenvalue weighted by Gasteiger charge is 2.19. The number of hydrogen-bond acceptors (Lipinski definition) is 4. The molecule has 0 unspecified atom stereocenters. The molecule has 0 atom stereocenters. The predicted molar refractivity (Wildman–Crippen MR) is 113 cm³/mol. The molecule has 28 heavy (non-hydrogen) atoms. The number of hydrogen-bond donors (Lipinski definition) is 1. The molecular weight excluding hydrogens is 368 g/mol. The number of carbonyl (C=O) groups excluding carboxylic acids is 1. The average molecular weight is 395 g/mol. The zero-order valence-corrected chi connectivity index (χ0v) is 16.8.